The van der Waals surface area contributed by atoms with Gasteiger partial charge in [0.2, 0.25) is 5.91 Å². The third-order valence-corrected chi connectivity index (χ3v) is 8.53. The van der Waals surface area contributed by atoms with Crippen LogP contribution in [-0.2, 0) is 30.5 Å². The highest BCUT2D eigenvalue weighted by atomic mass is 16.6. The van der Waals surface area contributed by atoms with Crippen LogP contribution in [0.25, 0.3) is 11.0 Å². The number of ether oxygens (including phenoxy) is 2. The van der Waals surface area contributed by atoms with E-state index in [1.165, 1.54) is 4.90 Å². The Morgan fingerprint density at radius 3 is 2.74 bits per heavy atom. The molecule has 2 aromatic rings. The minimum atomic E-state index is -1.39. The Labute approximate surface area is 226 Å². The van der Waals surface area contributed by atoms with Crippen molar-refractivity contribution in [1.82, 2.24) is 24.8 Å². The van der Waals surface area contributed by atoms with Gasteiger partial charge >= 0.3 is 5.97 Å². The van der Waals surface area contributed by atoms with Crippen LogP contribution < -0.4 is 0 Å². The predicted molar refractivity (Wildman–Crippen MR) is 139 cm³/mol. The lowest BCUT2D eigenvalue weighted by molar-refractivity contribution is -0.162. The fourth-order valence-corrected chi connectivity index (χ4v) is 6.74. The summed E-state index contributed by atoms with van der Waals surface area (Å²) >= 11 is 0. The van der Waals surface area contributed by atoms with Crippen molar-refractivity contribution in [1.29, 1.82) is 0 Å². The van der Waals surface area contributed by atoms with E-state index >= 15 is 0 Å². The third-order valence-electron chi connectivity index (χ3n) is 8.53. The molecule has 11 nitrogen and oxygen atoms in total. The largest absolute Gasteiger partial charge is 0.465 e. The highest BCUT2D eigenvalue weighted by molar-refractivity contribution is 5.99. The molecular formula is C28H33N5O6. The van der Waals surface area contributed by atoms with Crippen LogP contribution in [0.2, 0.25) is 0 Å². The minimum absolute atomic E-state index is 0.0540. The Bertz CT molecular complexity index is 1350. The maximum absolute atomic E-state index is 14.3. The van der Waals surface area contributed by atoms with Crippen molar-refractivity contribution in [3.8, 4) is 0 Å². The molecule has 1 aromatic carbocycles. The summed E-state index contributed by atoms with van der Waals surface area (Å²) in [6.45, 7) is 2.18. The second-order valence-corrected chi connectivity index (χ2v) is 10.6. The second-order valence-electron chi connectivity index (χ2n) is 10.6. The highest BCUT2D eigenvalue weighted by Gasteiger charge is 2.75. The number of para-hydroxylation sites is 1. The van der Waals surface area contributed by atoms with E-state index in [-0.39, 0.29) is 44.8 Å². The Morgan fingerprint density at radius 2 is 1.92 bits per heavy atom. The number of fused-ring (bicyclic) bond motifs is 3. The second kappa shape index (κ2) is 9.87. The van der Waals surface area contributed by atoms with E-state index in [4.69, 9.17) is 9.47 Å². The number of carbonyl (C=O) groups is 3. The summed E-state index contributed by atoms with van der Waals surface area (Å²) < 4.78 is 14.2. The zero-order valence-electron chi connectivity index (χ0n) is 21.9. The lowest BCUT2D eigenvalue weighted by atomic mass is 9.73. The Balaban J connectivity index is 1.43. The minimum Gasteiger partial charge on any atom is -0.465 e. The van der Waals surface area contributed by atoms with Gasteiger partial charge in [-0.3, -0.25) is 14.4 Å². The molecule has 1 aromatic heterocycles. The van der Waals surface area contributed by atoms with Gasteiger partial charge < -0.3 is 24.4 Å². The van der Waals surface area contributed by atoms with Gasteiger partial charge in [0, 0.05) is 13.1 Å². The molecule has 0 saturated carbocycles. The SMILES string of the molecule is CC[C@]12/C=C\CCCCOC(=O)[C@H]1[C@H]1C(=O)N(CCO)C3C(=O)N(Cn4nnc5ccccc54)CC=C[C@@]31O2. The molecule has 206 valence electrons. The molecule has 39 heavy (non-hydrogen) atoms. The zero-order chi connectivity index (χ0) is 27.2. The zero-order valence-corrected chi connectivity index (χ0v) is 21.9. The van der Waals surface area contributed by atoms with Crippen molar-refractivity contribution in [2.75, 3.05) is 26.3 Å². The van der Waals surface area contributed by atoms with Gasteiger partial charge in [-0.2, -0.15) is 0 Å². The number of aromatic nitrogens is 3. The number of likely N-dealkylation sites (tertiary alicyclic amines) is 1. The van der Waals surface area contributed by atoms with Gasteiger partial charge in [0.25, 0.3) is 5.91 Å². The van der Waals surface area contributed by atoms with Gasteiger partial charge in [-0.25, -0.2) is 4.68 Å². The average molecular weight is 536 g/mol. The molecule has 4 aliphatic rings. The van der Waals surface area contributed by atoms with E-state index in [0.29, 0.717) is 11.9 Å². The van der Waals surface area contributed by atoms with Crippen LogP contribution in [-0.4, -0.2) is 91.2 Å². The Morgan fingerprint density at radius 1 is 1.08 bits per heavy atom. The van der Waals surface area contributed by atoms with E-state index in [2.05, 4.69) is 10.3 Å². The monoisotopic (exact) mass is 535 g/mol. The molecule has 5 heterocycles. The summed E-state index contributed by atoms with van der Waals surface area (Å²) in [4.78, 5) is 44.9. The van der Waals surface area contributed by atoms with Gasteiger partial charge in [-0.15, -0.1) is 5.10 Å². The van der Waals surface area contributed by atoms with Crippen molar-refractivity contribution in [2.24, 2.45) is 11.8 Å². The molecule has 0 bridgehead atoms. The first-order valence-electron chi connectivity index (χ1n) is 13.7. The van der Waals surface area contributed by atoms with Crippen LogP contribution in [0.4, 0.5) is 0 Å². The summed E-state index contributed by atoms with van der Waals surface area (Å²) in [5, 5.41) is 18.3. The molecule has 6 rings (SSSR count). The molecule has 1 unspecified atom stereocenters. The first-order valence-corrected chi connectivity index (χ1v) is 13.7. The summed E-state index contributed by atoms with van der Waals surface area (Å²) in [5.74, 6) is -3.09. The van der Waals surface area contributed by atoms with E-state index in [9.17, 15) is 19.5 Å². The number of β-amino-alcohol motifs (C(OH)–C–C–N with tert-alkyl or cyclic N) is 1. The van der Waals surface area contributed by atoms with Crippen LogP contribution in [0, 0.1) is 11.8 Å². The van der Waals surface area contributed by atoms with Gasteiger partial charge in [0.1, 0.15) is 35.3 Å². The van der Waals surface area contributed by atoms with Crippen LogP contribution in [0.15, 0.2) is 48.6 Å². The van der Waals surface area contributed by atoms with Crippen LogP contribution in [0.1, 0.15) is 32.6 Å². The molecule has 1 N–H and O–H groups in total. The van der Waals surface area contributed by atoms with E-state index in [1.54, 1.807) is 15.7 Å². The summed E-state index contributed by atoms with van der Waals surface area (Å²) in [6.07, 6.45) is 10.4. The molecule has 11 heteroatoms. The number of aliphatic hydroxyl groups excluding tert-OH is 1. The molecule has 2 fully saturated rings. The smallest absolute Gasteiger partial charge is 0.313 e. The number of benzene rings is 1. The van der Waals surface area contributed by atoms with Crippen molar-refractivity contribution in [2.45, 2.75) is 56.5 Å². The van der Waals surface area contributed by atoms with E-state index < -0.39 is 35.0 Å². The van der Waals surface area contributed by atoms with Crippen LogP contribution in [0.3, 0.4) is 0 Å². The summed E-state index contributed by atoms with van der Waals surface area (Å²) in [6, 6.07) is 6.42. The molecule has 0 radical (unpaired) electrons. The number of aliphatic hydroxyl groups is 1. The van der Waals surface area contributed by atoms with E-state index in [0.717, 1.165) is 24.8 Å². The van der Waals surface area contributed by atoms with Crippen molar-refractivity contribution in [3.63, 3.8) is 0 Å². The first-order chi connectivity index (χ1) is 19.0. The maximum atomic E-state index is 14.3. The number of hydrogen-bond acceptors (Lipinski definition) is 8. The molecular weight excluding hydrogens is 502 g/mol. The number of hydrogen-bond donors (Lipinski definition) is 1. The number of carbonyl (C=O) groups excluding carboxylic acids is 3. The van der Waals surface area contributed by atoms with Gasteiger partial charge in [0.05, 0.1) is 24.6 Å². The van der Waals surface area contributed by atoms with Gasteiger partial charge in [-0.1, -0.05) is 48.6 Å². The quantitative estimate of drug-likeness (QED) is 0.450. The van der Waals surface area contributed by atoms with Crippen molar-refractivity contribution < 1.29 is 29.0 Å². The normalized spacial score (nSPS) is 33.5. The van der Waals surface area contributed by atoms with E-state index in [1.807, 2.05) is 49.4 Å². The third kappa shape index (κ3) is 3.89. The maximum Gasteiger partial charge on any atom is 0.313 e. The fourth-order valence-electron chi connectivity index (χ4n) is 6.74. The average Bonchev–Trinajstić information content (AvgIpc) is 3.51. The summed E-state index contributed by atoms with van der Waals surface area (Å²) in [7, 11) is 0. The first kappa shape index (κ1) is 25.7. The topological polar surface area (TPSA) is 127 Å². The molecule has 4 aliphatic heterocycles. The van der Waals surface area contributed by atoms with Gasteiger partial charge in [0.15, 0.2) is 0 Å². The van der Waals surface area contributed by atoms with Gasteiger partial charge in [-0.05, 0) is 37.8 Å². The standard InChI is InChI=1S/C28H33N5O6/c1-2-27-12-7-3-4-8-17-38-26(37)22(27)21-24(35)32(15-16-34)23-25(36)31(14-9-13-28(21,23)39-27)18-33-20-11-6-5-10-19(20)29-30-33/h5-7,9-13,21-23,34H,2-4,8,14-18H2,1H3/b12-7-/t21-,22+,23?,27-,28-/m0/s1. The van der Waals surface area contributed by atoms with Crippen LogP contribution >= 0.6 is 0 Å². The molecule has 2 amide bonds. The number of nitrogens with zero attached hydrogens (tertiary/aromatic N) is 5. The number of rotatable bonds is 5. The predicted octanol–water partition coefficient (Wildman–Crippen LogP) is 1.42. The molecule has 0 aliphatic carbocycles. The lowest BCUT2D eigenvalue weighted by Gasteiger charge is -2.38. The number of cyclic esters (lactones) is 1. The van der Waals surface area contributed by atoms with Crippen molar-refractivity contribution >= 4 is 28.8 Å². The summed E-state index contributed by atoms with van der Waals surface area (Å²) in [5.41, 5.74) is -0.996. The number of amides is 2. The van der Waals surface area contributed by atoms with Crippen molar-refractivity contribution in [3.05, 3.63) is 48.6 Å². The highest BCUT2D eigenvalue weighted by Crippen LogP contribution is 2.58. The molecule has 5 atom stereocenters. The fraction of sp³-hybridized carbons (Fsp3) is 0.536. The Hall–Kier alpha value is -3.57. The van der Waals surface area contributed by atoms with Crippen LogP contribution in [0.5, 0.6) is 0 Å². The Kier molecular flexibility index (Phi) is 6.50. The lowest BCUT2D eigenvalue weighted by Crippen LogP contribution is -2.56. The molecule has 2 saturated heterocycles. The molecule has 1 spiro atoms. The number of allylic oxidation sites excluding steroid dienone is 1. The number of esters is 1.